The summed E-state index contributed by atoms with van der Waals surface area (Å²) in [5.74, 6) is -0.495. The van der Waals surface area contributed by atoms with Crippen molar-refractivity contribution < 1.29 is 19.2 Å². The molecular weight excluding hydrogens is 504 g/mol. The predicted molar refractivity (Wildman–Crippen MR) is 160 cm³/mol. The monoisotopic (exact) mass is 558 g/mol. The number of amides is 4. The van der Waals surface area contributed by atoms with E-state index < -0.39 is 12.1 Å². The van der Waals surface area contributed by atoms with Gasteiger partial charge in [-0.1, -0.05) is 110 Å². The van der Waals surface area contributed by atoms with E-state index in [0.29, 0.717) is 31.7 Å². The molecule has 226 valence electrons. The molecule has 0 bridgehead atoms. The van der Waals surface area contributed by atoms with Crippen molar-refractivity contribution >= 4 is 23.6 Å². The van der Waals surface area contributed by atoms with Crippen LogP contribution < -0.4 is 21.3 Å². The fourth-order valence-corrected chi connectivity index (χ4v) is 5.40. The van der Waals surface area contributed by atoms with Crippen molar-refractivity contribution in [2.75, 3.05) is 6.54 Å². The highest BCUT2D eigenvalue weighted by atomic mass is 16.2. The lowest BCUT2D eigenvalue weighted by atomic mass is 9.84. The van der Waals surface area contributed by atoms with Crippen LogP contribution in [0.25, 0.3) is 0 Å². The Balaban J connectivity index is 2.05. The highest BCUT2D eigenvalue weighted by Gasteiger charge is 2.29. The summed E-state index contributed by atoms with van der Waals surface area (Å²) in [4.78, 5) is 51.7. The molecule has 8 nitrogen and oxygen atoms in total. The van der Waals surface area contributed by atoms with Gasteiger partial charge < -0.3 is 21.3 Å². The normalized spacial score (nSPS) is 23.2. The first-order chi connectivity index (χ1) is 19.3. The van der Waals surface area contributed by atoms with Crippen molar-refractivity contribution in [2.45, 2.75) is 135 Å². The van der Waals surface area contributed by atoms with Crippen LogP contribution in [0, 0.1) is 11.8 Å². The van der Waals surface area contributed by atoms with Gasteiger partial charge in [0, 0.05) is 25.1 Å². The summed E-state index contributed by atoms with van der Waals surface area (Å²) in [6.45, 7) is 6.57. The molecule has 0 aromatic heterocycles. The molecule has 0 radical (unpaired) electrons. The highest BCUT2D eigenvalue weighted by molar-refractivity contribution is 5.93. The third kappa shape index (κ3) is 13.6. The van der Waals surface area contributed by atoms with Gasteiger partial charge in [0.1, 0.15) is 12.1 Å². The van der Waals surface area contributed by atoms with Gasteiger partial charge in [-0.2, -0.15) is 0 Å². The molecule has 1 saturated carbocycles. The molecule has 0 spiro atoms. The van der Waals surface area contributed by atoms with Crippen LogP contribution >= 0.6 is 0 Å². The van der Waals surface area contributed by atoms with Gasteiger partial charge in [0.05, 0.1) is 0 Å². The summed E-state index contributed by atoms with van der Waals surface area (Å²) in [6.07, 6.45) is 21.7. The third-order valence-corrected chi connectivity index (χ3v) is 7.95. The fraction of sp³-hybridized carbons (Fsp3) is 0.750. The van der Waals surface area contributed by atoms with Gasteiger partial charge in [0.2, 0.25) is 23.6 Å². The Morgan fingerprint density at radius 1 is 0.975 bits per heavy atom. The first kappa shape index (κ1) is 33.6. The molecule has 40 heavy (non-hydrogen) atoms. The molecule has 1 heterocycles. The minimum atomic E-state index is -0.869. The largest absolute Gasteiger partial charge is 0.352 e. The molecule has 2 aliphatic rings. The smallest absolute Gasteiger partial charge is 0.247 e. The highest BCUT2D eigenvalue weighted by Crippen LogP contribution is 2.27. The van der Waals surface area contributed by atoms with Gasteiger partial charge in [0.25, 0.3) is 0 Å². The summed E-state index contributed by atoms with van der Waals surface area (Å²) in [7, 11) is 0. The minimum absolute atomic E-state index is 0.0567. The number of nitrogens with one attached hydrogen (secondary N) is 4. The van der Waals surface area contributed by atoms with Crippen molar-refractivity contribution in [1.29, 1.82) is 0 Å². The second-order valence-corrected chi connectivity index (χ2v) is 11.9. The van der Waals surface area contributed by atoms with Crippen LogP contribution in [0.3, 0.4) is 0 Å². The summed E-state index contributed by atoms with van der Waals surface area (Å²) >= 11 is 0. The van der Waals surface area contributed by atoms with Crippen LogP contribution in [0.15, 0.2) is 24.3 Å². The van der Waals surface area contributed by atoms with Gasteiger partial charge in [-0.25, -0.2) is 0 Å². The minimum Gasteiger partial charge on any atom is -0.352 e. The molecule has 1 aliphatic carbocycles. The van der Waals surface area contributed by atoms with Crippen LogP contribution in [-0.4, -0.2) is 48.3 Å². The van der Waals surface area contributed by atoms with Gasteiger partial charge >= 0.3 is 0 Å². The Kier molecular flexibility index (Phi) is 16.3. The zero-order valence-corrected chi connectivity index (χ0v) is 25.1. The molecule has 1 aliphatic heterocycles. The number of carbonyl (C=O) groups is 4. The standard InChI is InChI=1S/C32H54N4O4/c1-4-5-6-7-8-9-13-19-30(38)34-28(23-25-16-11-10-12-17-25)32(40)36-27-18-14-15-22-33-29(37)21-20-26(24(2)3)35-31(27)39/h14,18,20-21,24-28H,4-13,15-17,19,22-23H2,1-3H3,(H,33,37)(H,34,38)(H,35,39)(H,36,40)/b18-14+,21-20+/t26-,27+,28+/m1/s1. The van der Waals surface area contributed by atoms with E-state index >= 15 is 0 Å². The lowest BCUT2D eigenvalue weighted by Crippen LogP contribution is -2.55. The van der Waals surface area contributed by atoms with Crippen molar-refractivity contribution in [1.82, 2.24) is 21.3 Å². The Morgan fingerprint density at radius 2 is 1.68 bits per heavy atom. The molecule has 0 unspecified atom stereocenters. The molecular formula is C32H54N4O4. The summed E-state index contributed by atoms with van der Waals surface area (Å²) in [5, 5.41) is 11.7. The van der Waals surface area contributed by atoms with Gasteiger partial charge in [-0.3, -0.25) is 19.2 Å². The molecule has 0 saturated heterocycles. The average molecular weight is 559 g/mol. The second-order valence-electron chi connectivity index (χ2n) is 11.9. The predicted octanol–water partition coefficient (Wildman–Crippen LogP) is 4.84. The molecule has 8 heteroatoms. The lowest BCUT2D eigenvalue weighted by molar-refractivity contribution is -0.132. The van der Waals surface area contributed by atoms with E-state index in [0.717, 1.165) is 44.9 Å². The van der Waals surface area contributed by atoms with E-state index in [1.54, 1.807) is 18.2 Å². The molecule has 4 amide bonds. The molecule has 4 N–H and O–H groups in total. The Bertz CT molecular complexity index is 848. The molecule has 0 aromatic carbocycles. The number of hydrogen-bond donors (Lipinski definition) is 4. The third-order valence-electron chi connectivity index (χ3n) is 7.95. The fourth-order valence-electron chi connectivity index (χ4n) is 5.40. The summed E-state index contributed by atoms with van der Waals surface area (Å²) in [5.41, 5.74) is 0. The molecule has 3 atom stereocenters. The zero-order valence-electron chi connectivity index (χ0n) is 25.1. The maximum atomic E-state index is 13.6. The van der Waals surface area contributed by atoms with Gasteiger partial charge in [0.15, 0.2) is 0 Å². The topological polar surface area (TPSA) is 116 Å². The zero-order chi connectivity index (χ0) is 29.2. The van der Waals surface area contributed by atoms with E-state index in [1.807, 2.05) is 13.8 Å². The van der Waals surface area contributed by atoms with E-state index in [4.69, 9.17) is 0 Å². The first-order valence-corrected chi connectivity index (χ1v) is 15.8. The van der Waals surface area contributed by atoms with Gasteiger partial charge in [-0.05, 0) is 31.1 Å². The van der Waals surface area contributed by atoms with Crippen LogP contribution in [0.2, 0.25) is 0 Å². The Hall–Kier alpha value is -2.64. The first-order valence-electron chi connectivity index (χ1n) is 15.8. The quantitative estimate of drug-likeness (QED) is 0.180. The average Bonchev–Trinajstić information content (AvgIpc) is 2.93. The molecule has 1 fully saturated rings. The lowest BCUT2D eigenvalue weighted by Gasteiger charge is -2.28. The van der Waals surface area contributed by atoms with Crippen LogP contribution in [0.4, 0.5) is 0 Å². The van der Waals surface area contributed by atoms with Crippen LogP contribution in [0.1, 0.15) is 117 Å². The summed E-state index contributed by atoms with van der Waals surface area (Å²) < 4.78 is 0. The number of hydrogen-bond acceptors (Lipinski definition) is 4. The van der Waals surface area contributed by atoms with E-state index in [9.17, 15) is 19.2 Å². The molecule has 2 rings (SSSR count). The number of carbonyl (C=O) groups excluding carboxylic acids is 4. The Labute approximate surface area is 242 Å². The van der Waals surface area contributed by atoms with Crippen molar-refractivity contribution in [3.63, 3.8) is 0 Å². The maximum Gasteiger partial charge on any atom is 0.247 e. The van der Waals surface area contributed by atoms with Crippen molar-refractivity contribution in [3.8, 4) is 0 Å². The van der Waals surface area contributed by atoms with Crippen molar-refractivity contribution in [3.05, 3.63) is 24.3 Å². The van der Waals surface area contributed by atoms with Crippen molar-refractivity contribution in [2.24, 2.45) is 11.8 Å². The Morgan fingerprint density at radius 3 is 2.38 bits per heavy atom. The SMILES string of the molecule is CCCCCCCCCC(=O)N[C@@H](CC1CCCCC1)C(=O)N[C@H]1/C=C/CCNC(=O)/C=C/[C@H](C(C)C)NC1=O. The molecule has 0 aromatic rings. The summed E-state index contributed by atoms with van der Waals surface area (Å²) in [6, 6.07) is -1.89. The van der Waals surface area contributed by atoms with E-state index in [-0.39, 0.29) is 35.6 Å². The van der Waals surface area contributed by atoms with E-state index in [1.165, 1.54) is 38.2 Å². The number of rotatable bonds is 14. The van der Waals surface area contributed by atoms with E-state index in [2.05, 4.69) is 28.2 Å². The number of unbranched alkanes of at least 4 members (excludes halogenated alkanes) is 6. The maximum absolute atomic E-state index is 13.6. The second kappa shape index (κ2) is 19.4. The van der Waals surface area contributed by atoms with Crippen LogP contribution in [0.5, 0.6) is 0 Å². The van der Waals surface area contributed by atoms with Crippen LogP contribution in [-0.2, 0) is 19.2 Å². The van der Waals surface area contributed by atoms with Gasteiger partial charge in [-0.15, -0.1) is 0 Å².